The van der Waals surface area contributed by atoms with Crippen molar-refractivity contribution in [1.82, 2.24) is 0 Å². The third-order valence-corrected chi connectivity index (χ3v) is 3.21. The van der Waals surface area contributed by atoms with Crippen LogP contribution < -0.4 is 10.6 Å². The number of amides is 2. The average molecular weight is 300 g/mol. The number of carboxylic acid groups (broad SMARTS) is 1. The van der Waals surface area contributed by atoms with E-state index in [0.717, 1.165) is 11.1 Å². The highest BCUT2D eigenvalue weighted by molar-refractivity contribution is 6.01. The van der Waals surface area contributed by atoms with Gasteiger partial charge in [-0.25, -0.2) is 9.59 Å². The number of benzene rings is 2. The van der Waals surface area contributed by atoms with E-state index in [-0.39, 0.29) is 5.56 Å². The molecule has 0 heterocycles. The van der Waals surface area contributed by atoms with Crippen LogP contribution in [-0.2, 0) is 0 Å². The van der Waals surface area contributed by atoms with Gasteiger partial charge in [0.25, 0.3) is 0 Å². The van der Waals surface area contributed by atoms with Crippen LogP contribution in [0, 0.1) is 13.8 Å². The molecule has 0 bridgehead atoms. The second-order valence-corrected chi connectivity index (χ2v) is 4.88. The molecule has 0 unspecified atom stereocenters. The standard InChI is InChI=1S/C16H16N2O4/c1-9-4-3-5-10(2)14(9)18-16(22)17-11-6-7-12(15(20)21)13(19)8-11/h3-8,19H,1-2H3,(H,20,21)(H2,17,18,22). The molecule has 0 saturated heterocycles. The number of aromatic hydroxyl groups is 1. The van der Waals surface area contributed by atoms with Crippen molar-refractivity contribution < 1.29 is 19.8 Å². The predicted molar refractivity (Wildman–Crippen MR) is 83.6 cm³/mol. The minimum absolute atomic E-state index is 0.222. The van der Waals surface area contributed by atoms with E-state index in [9.17, 15) is 14.7 Å². The van der Waals surface area contributed by atoms with Crippen molar-refractivity contribution in [3.63, 3.8) is 0 Å². The Balaban J connectivity index is 2.13. The molecule has 2 amide bonds. The van der Waals surface area contributed by atoms with Gasteiger partial charge in [0.1, 0.15) is 11.3 Å². The van der Waals surface area contributed by atoms with Gasteiger partial charge in [-0.15, -0.1) is 0 Å². The van der Waals surface area contributed by atoms with Gasteiger partial charge >= 0.3 is 12.0 Å². The predicted octanol–water partition coefficient (Wildman–Crippen LogP) is 3.35. The Morgan fingerprint density at radius 3 is 2.18 bits per heavy atom. The smallest absolute Gasteiger partial charge is 0.339 e. The van der Waals surface area contributed by atoms with Gasteiger partial charge in [0.15, 0.2) is 0 Å². The van der Waals surface area contributed by atoms with Crippen LogP contribution in [0.1, 0.15) is 21.5 Å². The van der Waals surface area contributed by atoms with Gasteiger partial charge < -0.3 is 20.8 Å². The maximum Gasteiger partial charge on any atom is 0.339 e. The molecule has 2 rings (SSSR count). The number of phenols is 1. The van der Waals surface area contributed by atoms with Crippen molar-refractivity contribution in [1.29, 1.82) is 0 Å². The van der Waals surface area contributed by atoms with Gasteiger partial charge in [0, 0.05) is 17.4 Å². The van der Waals surface area contributed by atoms with Gasteiger partial charge in [-0.1, -0.05) is 18.2 Å². The van der Waals surface area contributed by atoms with E-state index >= 15 is 0 Å². The molecule has 0 fully saturated rings. The van der Waals surface area contributed by atoms with Crippen LogP contribution in [-0.4, -0.2) is 22.2 Å². The number of rotatable bonds is 3. The first-order valence-electron chi connectivity index (χ1n) is 6.59. The number of aromatic carboxylic acids is 1. The Labute approximate surface area is 127 Å². The van der Waals surface area contributed by atoms with Gasteiger partial charge in [0.2, 0.25) is 0 Å². The van der Waals surface area contributed by atoms with Crippen molar-refractivity contribution in [2.24, 2.45) is 0 Å². The third-order valence-electron chi connectivity index (χ3n) is 3.21. The number of carboxylic acids is 1. The summed E-state index contributed by atoms with van der Waals surface area (Å²) in [6, 6.07) is 9.02. The van der Waals surface area contributed by atoms with Crippen LogP contribution in [0.4, 0.5) is 16.2 Å². The summed E-state index contributed by atoms with van der Waals surface area (Å²) in [6.07, 6.45) is 0. The monoisotopic (exact) mass is 300 g/mol. The molecular formula is C16H16N2O4. The molecule has 0 aliphatic carbocycles. The lowest BCUT2D eigenvalue weighted by Crippen LogP contribution is -2.20. The lowest BCUT2D eigenvalue weighted by molar-refractivity contribution is 0.0694. The van der Waals surface area contributed by atoms with Crippen LogP contribution in [0.3, 0.4) is 0 Å². The highest BCUT2D eigenvalue weighted by Gasteiger charge is 2.12. The Morgan fingerprint density at radius 1 is 1.00 bits per heavy atom. The molecule has 0 aliphatic heterocycles. The fourth-order valence-electron chi connectivity index (χ4n) is 2.08. The van der Waals surface area contributed by atoms with Gasteiger partial charge in [-0.3, -0.25) is 0 Å². The number of carbonyl (C=O) groups excluding carboxylic acids is 1. The van der Waals surface area contributed by atoms with Gasteiger partial charge in [-0.05, 0) is 37.1 Å². The molecule has 0 aliphatic rings. The first-order chi connectivity index (χ1) is 10.4. The van der Waals surface area contributed by atoms with Crippen LogP contribution >= 0.6 is 0 Å². The molecule has 0 saturated carbocycles. The molecular weight excluding hydrogens is 284 g/mol. The number of hydrogen-bond donors (Lipinski definition) is 4. The summed E-state index contributed by atoms with van der Waals surface area (Å²) < 4.78 is 0. The van der Waals surface area contributed by atoms with E-state index < -0.39 is 17.7 Å². The number of para-hydroxylation sites is 1. The van der Waals surface area contributed by atoms with Crippen molar-refractivity contribution in [3.05, 3.63) is 53.1 Å². The topological polar surface area (TPSA) is 98.7 Å². The highest BCUT2D eigenvalue weighted by Crippen LogP contribution is 2.23. The molecule has 2 aromatic carbocycles. The molecule has 0 spiro atoms. The number of aryl methyl sites for hydroxylation is 2. The summed E-state index contributed by atoms with van der Waals surface area (Å²) in [5.41, 5.74) is 2.65. The number of anilines is 2. The summed E-state index contributed by atoms with van der Waals surface area (Å²) in [5.74, 6) is -1.64. The fraction of sp³-hybridized carbons (Fsp3) is 0.125. The third kappa shape index (κ3) is 3.35. The zero-order valence-corrected chi connectivity index (χ0v) is 12.2. The minimum Gasteiger partial charge on any atom is -0.507 e. The van der Waals surface area contributed by atoms with E-state index in [2.05, 4.69) is 10.6 Å². The zero-order chi connectivity index (χ0) is 16.3. The van der Waals surface area contributed by atoms with Gasteiger partial charge in [0.05, 0.1) is 0 Å². The Morgan fingerprint density at radius 2 is 1.64 bits per heavy atom. The van der Waals surface area contributed by atoms with E-state index in [1.54, 1.807) is 0 Å². The summed E-state index contributed by atoms with van der Waals surface area (Å²) in [4.78, 5) is 22.8. The lowest BCUT2D eigenvalue weighted by Gasteiger charge is -2.12. The number of urea groups is 1. The summed E-state index contributed by atoms with van der Waals surface area (Å²) in [7, 11) is 0. The number of hydrogen-bond acceptors (Lipinski definition) is 3. The molecule has 0 aromatic heterocycles. The molecule has 6 heteroatoms. The molecule has 0 atom stereocenters. The van der Waals surface area contributed by atoms with Crippen LogP contribution in [0.15, 0.2) is 36.4 Å². The maximum absolute atomic E-state index is 12.0. The maximum atomic E-state index is 12.0. The van der Waals surface area contributed by atoms with E-state index in [1.165, 1.54) is 18.2 Å². The average Bonchev–Trinajstić information content (AvgIpc) is 2.42. The quantitative estimate of drug-likeness (QED) is 0.698. The van der Waals surface area contributed by atoms with Crippen molar-refractivity contribution in [2.45, 2.75) is 13.8 Å². The van der Waals surface area contributed by atoms with Crippen LogP contribution in [0.5, 0.6) is 5.75 Å². The zero-order valence-electron chi connectivity index (χ0n) is 12.2. The summed E-state index contributed by atoms with van der Waals surface area (Å²) in [6.45, 7) is 3.77. The van der Waals surface area contributed by atoms with Crippen molar-refractivity contribution in [3.8, 4) is 5.75 Å². The Hall–Kier alpha value is -3.02. The second-order valence-electron chi connectivity index (χ2n) is 4.88. The fourth-order valence-corrected chi connectivity index (χ4v) is 2.08. The Kier molecular flexibility index (Phi) is 4.31. The minimum atomic E-state index is -1.23. The van der Waals surface area contributed by atoms with Crippen LogP contribution in [0.25, 0.3) is 0 Å². The largest absolute Gasteiger partial charge is 0.507 e. The highest BCUT2D eigenvalue weighted by atomic mass is 16.4. The van der Waals surface area contributed by atoms with Gasteiger partial charge in [-0.2, -0.15) is 0 Å². The molecule has 6 nitrogen and oxygen atoms in total. The SMILES string of the molecule is Cc1cccc(C)c1NC(=O)Nc1ccc(C(=O)O)c(O)c1. The molecule has 22 heavy (non-hydrogen) atoms. The first-order valence-corrected chi connectivity index (χ1v) is 6.59. The van der Waals surface area contributed by atoms with E-state index in [1.807, 2.05) is 32.0 Å². The molecule has 0 radical (unpaired) electrons. The molecule has 114 valence electrons. The number of nitrogens with one attached hydrogen (secondary N) is 2. The summed E-state index contributed by atoms with van der Waals surface area (Å²) >= 11 is 0. The first kappa shape index (κ1) is 15.4. The van der Waals surface area contributed by atoms with E-state index in [4.69, 9.17) is 5.11 Å². The second kappa shape index (κ2) is 6.17. The lowest BCUT2D eigenvalue weighted by atomic mass is 10.1. The normalized spacial score (nSPS) is 10.1. The molecule has 2 aromatic rings. The van der Waals surface area contributed by atoms with E-state index in [0.29, 0.717) is 11.4 Å². The summed E-state index contributed by atoms with van der Waals surface area (Å²) in [5, 5.41) is 23.7. The van der Waals surface area contributed by atoms with Crippen LogP contribution in [0.2, 0.25) is 0 Å². The van der Waals surface area contributed by atoms with Crippen molar-refractivity contribution in [2.75, 3.05) is 10.6 Å². The van der Waals surface area contributed by atoms with Crippen molar-refractivity contribution >= 4 is 23.4 Å². The number of carbonyl (C=O) groups is 2. The Bertz CT molecular complexity index is 721. The molecule has 4 N–H and O–H groups in total.